The maximum atomic E-state index is 13.1. The number of hydrogen-bond donors (Lipinski definition) is 2. The van der Waals surface area contributed by atoms with Gasteiger partial charge in [0.15, 0.2) is 5.69 Å². The lowest BCUT2D eigenvalue weighted by atomic mass is 9.90. The molecule has 1 aliphatic carbocycles. The monoisotopic (exact) mass is 385 g/mol. The van der Waals surface area contributed by atoms with Crippen molar-refractivity contribution in [1.82, 2.24) is 15.1 Å². The van der Waals surface area contributed by atoms with Gasteiger partial charge in [-0.2, -0.15) is 5.10 Å². The topological polar surface area (TPSA) is 101 Å². The summed E-state index contributed by atoms with van der Waals surface area (Å²) in [6.45, 7) is 4.32. The summed E-state index contributed by atoms with van der Waals surface area (Å²) in [5.74, 6) is -1.38. The molecule has 0 spiro atoms. The van der Waals surface area contributed by atoms with Crippen molar-refractivity contribution in [1.29, 1.82) is 0 Å². The number of carbonyl (C=O) groups is 2. The van der Waals surface area contributed by atoms with Crippen LogP contribution in [0.15, 0.2) is 29.1 Å². The van der Waals surface area contributed by atoms with Gasteiger partial charge >= 0.3 is 5.97 Å². The molecule has 0 aliphatic heterocycles. The fourth-order valence-electron chi connectivity index (χ4n) is 3.87. The molecule has 1 heterocycles. The molecule has 3 rings (SSSR count). The minimum Gasteiger partial charge on any atom is -0.480 e. The molecule has 2 N–H and O–H groups in total. The van der Waals surface area contributed by atoms with Gasteiger partial charge in [0.2, 0.25) is 0 Å². The van der Waals surface area contributed by atoms with Crippen LogP contribution in [0.5, 0.6) is 0 Å². The molecule has 0 radical (unpaired) electrons. The highest BCUT2D eigenvalue weighted by Crippen LogP contribution is 2.28. The Hall–Kier alpha value is -2.70. The molecule has 0 unspecified atom stereocenters. The van der Waals surface area contributed by atoms with Gasteiger partial charge in [-0.15, -0.1) is 0 Å². The maximum Gasteiger partial charge on any atom is 0.329 e. The zero-order chi connectivity index (χ0) is 20.3. The molecule has 1 amide bonds. The first-order valence-electron chi connectivity index (χ1n) is 9.90. The lowest BCUT2D eigenvalue weighted by Gasteiger charge is -2.29. The van der Waals surface area contributed by atoms with E-state index in [1.54, 1.807) is 24.3 Å². The lowest BCUT2D eigenvalue weighted by molar-refractivity contribution is -0.145. The number of rotatable bonds is 5. The molecule has 2 aromatic rings. The molecule has 150 valence electrons. The SMILES string of the molecule is CC(C)Cn1nc(C(=O)NC2(C(=O)O)CCCCCC2)c2ccccc2c1=O. The van der Waals surface area contributed by atoms with Crippen molar-refractivity contribution in [2.24, 2.45) is 5.92 Å². The van der Waals surface area contributed by atoms with E-state index in [9.17, 15) is 19.5 Å². The average molecular weight is 385 g/mol. The highest BCUT2D eigenvalue weighted by molar-refractivity contribution is 6.06. The van der Waals surface area contributed by atoms with Crippen LogP contribution < -0.4 is 10.9 Å². The Morgan fingerprint density at radius 3 is 2.32 bits per heavy atom. The highest BCUT2D eigenvalue weighted by Gasteiger charge is 2.40. The fraction of sp³-hybridized carbons (Fsp3) is 0.524. The molecule has 0 saturated heterocycles. The van der Waals surface area contributed by atoms with Crippen molar-refractivity contribution < 1.29 is 14.7 Å². The number of nitrogens with zero attached hydrogens (tertiary/aromatic N) is 2. The molecule has 1 fully saturated rings. The second-order valence-electron chi connectivity index (χ2n) is 8.03. The van der Waals surface area contributed by atoms with E-state index in [-0.39, 0.29) is 17.2 Å². The summed E-state index contributed by atoms with van der Waals surface area (Å²) in [6.07, 6.45) is 4.24. The Morgan fingerprint density at radius 2 is 1.75 bits per heavy atom. The van der Waals surface area contributed by atoms with Gasteiger partial charge in [0.1, 0.15) is 5.54 Å². The van der Waals surface area contributed by atoms with E-state index >= 15 is 0 Å². The van der Waals surface area contributed by atoms with Crippen LogP contribution in [0.1, 0.15) is 62.9 Å². The Labute approximate surface area is 163 Å². The summed E-state index contributed by atoms with van der Waals surface area (Å²) in [7, 11) is 0. The van der Waals surface area contributed by atoms with Gasteiger partial charge in [-0.25, -0.2) is 9.48 Å². The van der Waals surface area contributed by atoms with E-state index in [0.29, 0.717) is 30.2 Å². The zero-order valence-corrected chi connectivity index (χ0v) is 16.4. The summed E-state index contributed by atoms with van der Waals surface area (Å²) >= 11 is 0. The van der Waals surface area contributed by atoms with Gasteiger partial charge in [0.05, 0.1) is 5.39 Å². The summed E-state index contributed by atoms with van der Waals surface area (Å²) in [5.41, 5.74) is -1.43. The Bertz CT molecular complexity index is 940. The number of hydrogen-bond acceptors (Lipinski definition) is 4. The van der Waals surface area contributed by atoms with Crippen molar-refractivity contribution in [2.45, 2.75) is 64.5 Å². The fourth-order valence-corrected chi connectivity index (χ4v) is 3.87. The van der Waals surface area contributed by atoms with Crippen LogP contribution in [0.25, 0.3) is 10.8 Å². The molecular formula is C21H27N3O4. The van der Waals surface area contributed by atoms with Crippen LogP contribution in [0, 0.1) is 5.92 Å². The summed E-state index contributed by atoms with van der Waals surface area (Å²) in [4.78, 5) is 37.9. The first-order chi connectivity index (χ1) is 13.3. The van der Waals surface area contributed by atoms with Gasteiger partial charge in [0.25, 0.3) is 11.5 Å². The zero-order valence-electron chi connectivity index (χ0n) is 16.4. The van der Waals surface area contributed by atoms with E-state index in [0.717, 1.165) is 25.7 Å². The van der Waals surface area contributed by atoms with Crippen molar-refractivity contribution in [3.8, 4) is 0 Å². The maximum absolute atomic E-state index is 13.1. The van der Waals surface area contributed by atoms with E-state index < -0.39 is 17.4 Å². The molecule has 7 nitrogen and oxygen atoms in total. The quantitative estimate of drug-likeness (QED) is 0.771. The van der Waals surface area contributed by atoms with E-state index in [1.807, 2.05) is 13.8 Å². The number of fused-ring (bicyclic) bond motifs is 1. The Morgan fingerprint density at radius 1 is 1.14 bits per heavy atom. The van der Waals surface area contributed by atoms with Gasteiger partial charge in [-0.1, -0.05) is 57.7 Å². The van der Waals surface area contributed by atoms with Gasteiger partial charge in [0, 0.05) is 11.9 Å². The van der Waals surface area contributed by atoms with Gasteiger partial charge in [-0.05, 0) is 24.8 Å². The molecule has 1 aromatic heterocycles. The summed E-state index contributed by atoms with van der Waals surface area (Å²) in [6, 6.07) is 6.84. The largest absolute Gasteiger partial charge is 0.480 e. The predicted molar refractivity (Wildman–Crippen MR) is 106 cm³/mol. The minimum absolute atomic E-state index is 0.0979. The molecule has 1 aliphatic rings. The third kappa shape index (κ3) is 3.93. The number of carbonyl (C=O) groups excluding carboxylic acids is 1. The number of nitrogens with one attached hydrogen (secondary N) is 1. The second kappa shape index (κ2) is 8.12. The van der Waals surface area contributed by atoms with Crippen LogP contribution in [0.3, 0.4) is 0 Å². The highest BCUT2D eigenvalue weighted by atomic mass is 16.4. The molecule has 1 aromatic carbocycles. The number of carboxylic acids is 1. The van der Waals surface area contributed by atoms with Crippen LogP contribution in [-0.4, -0.2) is 32.3 Å². The third-order valence-electron chi connectivity index (χ3n) is 5.34. The smallest absolute Gasteiger partial charge is 0.329 e. The van der Waals surface area contributed by atoms with Crippen molar-refractivity contribution in [3.05, 3.63) is 40.3 Å². The minimum atomic E-state index is -1.28. The summed E-state index contributed by atoms with van der Waals surface area (Å²) in [5, 5.41) is 17.8. The standard InChI is InChI=1S/C21H27N3O4/c1-14(2)13-24-19(26)16-10-6-5-9-15(16)17(23-24)18(25)22-21(20(27)28)11-7-3-4-8-12-21/h5-6,9-10,14H,3-4,7-8,11-13H2,1-2H3,(H,22,25)(H,27,28). The number of aliphatic carboxylic acids is 1. The second-order valence-corrected chi connectivity index (χ2v) is 8.03. The third-order valence-corrected chi connectivity index (χ3v) is 5.34. The van der Waals surface area contributed by atoms with E-state index in [2.05, 4.69) is 10.4 Å². The van der Waals surface area contributed by atoms with Gasteiger partial charge in [-0.3, -0.25) is 9.59 Å². The lowest BCUT2D eigenvalue weighted by Crippen LogP contribution is -2.54. The van der Waals surface area contributed by atoms with Crippen LogP contribution >= 0.6 is 0 Å². The van der Waals surface area contributed by atoms with Crippen molar-refractivity contribution in [3.63, 3.8) is 0 Å². The number of benzene rings is 1. The Balaban J connectivity index is 2.06. The van der Waals surface area contributed by atoms with Crippen LogP contribution in [-0.2, 0) is 11.3 Å². The molecule has 1 saturated carbocycles. The Kier molecular flexibility index (Phi) is 5.82. The number of amides is 1. The van der Waals surface area contributed by atoms with Crippen LogP contribution in [0.2, 0.25) is 0 Å². The van der Waals surface area contributed by atoms with E-state index in [4.69, 9.17) is 0 Å². The molecular weight excluding hydrogens is 358 g/mol. The normalized spacial score (nSPS) is 16.7. The predicted octanol–water partition coefficient (Wildman–Crippen LogP) is 2.96. The first-order valence-corrected chi connectivity index (χ1v) is 9.90. The first kappa shape index (κ1) is 20.0. The van der Waals surface area contributed by atoms with Gasteiger partial charge < -0.3 is 10.4 Å². The average Bonchev–Trinajstić information content (AvgIpc) is 2.90. The van der Waals surface area contributed by atoms with Crippen LogP contribution in [0.4, 0.5) is 0 Å². The molecule has 28 heavy (non-hydrogen) atoms. The van der Waals surface area contributed by atoms with Crippen molar-refractivity contribution >= 4 is 22.6 Å². The summed E-state index contributed by atoms with van der Waals surface area (Å²) < 4.78 is 1.31. The molecule has 0 bridgehead atoms. The molecule has 0 atom stereocenters. The molecule has 7 heteroatoms. The van der Waals surface area contributed by atoms with E-state index in [1.165, 1.54) is 4.68 Å². The van der Waals surface area contributed by atoms with Crippen molar-refractivity contribution in [2.75, 3.05) is 0 Å². The number of aromatic nitrogens is 2. The number of carboxylic acid groups (broad SMARTS) is 1.